The molecular formula is C11H12BrFO4. The zero-order valence-corrected chi connectivity index (χ0v) is 11.0. The van der Waals surface area contributed by atoms with E-state index in [-0.39, 0.29) is 17.7 Å². The van der Waals surface area contributed by atoms with Crippen molar-refractivity contribution in [3.8, 4) is 0 Å². The first kappa shape index (κ1) is 14.1. The number of benzene rings is 1. The highest BCUT2D eigenvalue weighted by Crippen LogP contribution is 2.26. The largest absolute Gasteiger partial charge is 0.467 e. The molecule has 0 fully saturated rings. The summed E-state index contributed by atoms with van der Waals surface area (Å²) in [5.74, 6) is -1.58. The van der Waals surface area contributed by atoms with Crippen molar-refractivity contribution >= 4 is 21.9 Å². The molecule has 0 aromatic heterocycles. The Hall–Kier alpha value is -0.980. The maximum absolute atomic E-state index is 13.9. The molecule has 0 spiro atoms. The van der Waals surface area contributed by atoms with Crippen molar-refractivity contribution in [1.29, 1.82) is 0 Å². The van der Waals surface area contributed by atoms with Gasteiger partial charge in [0.15, 0.2) is 6.10 Å². The van der Waals surface area contributed by atoms with E-state index >= 15 is 0 Å². The summed E-state index contributed by atoms with van der Waals surface area (Å²) in [5, 5.41) is 9.61. The Balaban J connectivity index is 3.19. The third-order valence-corrected chi connectivity index (χ3v) is 2.62. The number of aliphatic hydroxyl groups excluding tert-OH is 1. The van der Waals surface area contributed by atoms with E-state index < -0.39 is 17.9 Å². The molecule has 0 aliphatic carbocycles. The van der Waals surface area contributed by atoms with Gasteiger partial charge in [0.2, 0.25) is 0 Å². The van der Waals surface area contributed by atoms with Crippen LogP contribution in [-0.2, 0) is 20.9 Å². The number of carbonyl (C=O) groups excluding carboxylic acids is 1. The van der Waals surface area contributed by atoms with Gasteiger partial charge in [0.25, 0.3) is 0 Å². The van der Waals surface area contributed by atoms with E-state index in [0.29, 0.717) is 4.47 Å². The molecule has 1 aromatic rings. The van der Waals surface area contributed by atoms with Crippen LogP contribution in [-0.4, -0.2) is 25.3 Å². The first-order chi connectivity index (χ1) is 8.01. The van der Waals surface area contributed by atoms with Gasteiger partial charge in [-0.25, -0.2) is 9.18 Å². The third-order valence-electron chi connectivity index (χ3n) is 2.16. The number of carbonyl (C=O) groups is 1. The minimum Gasteiger partial charge on any atom is -0.467 e. The summed E-state index contributed by atoms with van der Waals surface area (Å²) >= 11 is 3.17. The SMILES string of the molecule is COCc1cc(Br)cc(C(O)C(=O)OC)c1F. The molecule has 0 aliphatic rings. The van der Waals surface area contributed by atoms with Gasteiger partial charge in [0.1, 0.15) is 5.82 Å². The highest BCUT2D eigenvalue weighted by Gasteiger charge is 2.23. The highest BCUT2D eigenvalue weighted by atomic mass is 79.9. The van der Waals surface area contributed by atoms with Crippen LogP contribution in [0.25, 0.3) is 0 Å². The Morgan fingerprint density at radius 3 is 2.71 bits per heavy atom. The minimum absolute atomic E-state index is 0.0478. The molecule has 0 aliphatic heterocycles. The van der Waals surface area contributed by atoms with Crippen molar-refractivity contribution in [2.24, 2.45) is 0 Å². The molecule has 1 aromatic carbocycles. The maximum Gasteiger partial charge on any atom is 0.339 e. The Morgan fingerprint density at radius 2 is 2.18 bits per heavy atom. The predicted octanol–water partition coefficient (Wildman–Crippen LogP) is 1.94. The van der Waals surface area contributed by atoms with E-state index in [2.05, 4.69) is 20.7 Å². The van der Waals surface area contributed by atoms with Gasteiger partial charge in [-0.3, -0.25) is 0 Å². The van der Waals surface area contributed by atoms with Crippen LogP contribution in [0.15, 0.2) is 16.6 Å². The predicted molar refractivity (Wildman–Crippen MR) is 61.8 cm³/mol. The van der Waals surface area contributed by atoms with E-state index in [1.807, 2.05) is 0 Å². The van der Waals surface area contributed by atoms with Crippen LogP contribution in [0.2, 0.25) is 0 Å². The van der Waals surface area contributed by atoms with Crippen molar-refractivity contribution < 1.29 is 23.8 Å². The summed E-state index contributed by atoms with van der Waals surface area (Å²) in [5.41, 5.74) is 0.109. The number of hydrogen-bond acceptors (Lipinski definition) is 4. The summed E-state index contributed by atoms with van der Waals surface area (Å²) in [6, 6.07) is 2.85. The lowest BCUT2D eigenvalue weighted by Gasteiger charge is -2.13. The smallest absolute Gasteiger partial charge is 0.339 e. The first-order valence-corrected chi connectivity index (χ1v) is 5.53. The van der Waals surface area contributed by atoms with E-state index in [0.717, 1.165) is 7.11 Å². The highest BCUT2D eigenvalue weighted by molar-refractivity contribution is 9.10. The van der Waals surface area contributed by atoms with E-state index in [9.17, 15) is 14.3 Å². The average molecular weight is 307 g/mol. The second-order valence-corrected chi connectivity index (χ2v) is 4.24. The lowest BCUT2D eigenvalue weighted by atomic mass is 10.1. The molecule has 0 amide bonds. The molecule has 0 bridgehead atoms. The van der Waals surface area contributed by atoms with Crippen LogP contribution >= 0.6 is 15.9 Å². The molecule has 1 rings (SSSR count). The Bertz CT molecular complexity index is 422. The standard InChI is InChI=1S/C11H12BrFO4/c1-16-5-6-3-7(12)4-8(9(6)13)10(14)11(15)17-2/h3-4,10,14H,5H2,1-2H3. The van der Waals surface area contributed by atoms with Crippen molar-refractivity contribution in [3.63, 3.8) is 0 Å². The fourth-order valence-electron chi connectivity index (χ4n) is 1.37. The second kappa shape index (κ2) is 6.09. The molecule has 1 N–H and O–H groups in total. The second-order valence-electron chi connectivity index (χ2n) is 3.33. The fourth-order valence-corrected chi connectivity index (χ4v) is 1.89. The fraction of sp³-hybridized carbons (Fsp3) is 0.364. The maximum atomic E-state index is 13.9. The van der Waals surface area contributed by atoms with Crippen LogP contribution in [0, 0.1) is 5.82 Å². The van der Waals surface area contributed by atoms with Crippen LogP contribution in [0.1, 0.15) is 17.2 Å². The lowest BCUT2D eigenvalue weighted by Crippen LogP contribution is -2.16. The molecule has 17 heavy (non-hydrogen) atoms. The quantitative estimate of drug-likeness (QED) is 0.864. The molecule has 4 nitrogen and oxygen atoms in total. The normalized spacial score (nSPS) is 12.3. The molecule has 1 unspecified atom stereocenters. The number of hydrogen-bond donors (Lipinski definition) is 1. The summed E-state index contributed by atoms with van der Waals surface area (Å²) in [6.45, 7) is 0.0478. The minimum atomic E-state index is -1.65. The number of halogens is 2. The molecule has 0 heterocycles. The van der Waals surface area contributed by atoms with Gasteiger partial charge in [0, 0.05) is 22.7 Å². The first-order valence-electron chi connectivity index (χ1n) is 4.74. The van der Waals surface area contributed by atoms with Gasteiger partial charge >= 0.3 is 5.97 Å². The summed E-state index contributed by atoms with van der Waals surface area (Å²) in [6.07, 6.45) is -1.65. The number of rotatable bonds is 4. The molecule has 6 heteroatoms. The Morgan fingerprint density at radius 1 is 1.53 bits per heavy atom. The molecule has 94 valence electrons. The van der Waals surface area contributed by atoms with Crippen LogP contribution in [0.4, 0.5) is 4.39 Å². The Kier molecular flexibility index (Phi) is 5.04. The van der Waals surface area contributed by atoms with Crippen molar-refractivity contribution in [1.82, 2.24) is 0 Å². The van der Waals surface area contributed by atoms with E-state index in [1.54, 1.807) is 0 Å². The molecular weight excluding hydrogens is 295 g/mol. The zero-order chi connectivity index (χ0) is 13.0. The van der Waals surface area contributed by atoms with Crippen molar-refractivity contribution in [2.45, 2.75) is 12.7 Å². The number of esters is 1. The van der Waals surface area contributed by atoms with E-state index in [4.69, 9.17) is 4.74 Å². The summed E-state index contributed by atoms with van der Waals surface area (Å²) < 4.78 is 23.6. The van der Waals surface area contributed by atoms with Crippen molar-refractivity contribution in [3.05, 3.63) is 33.5 Å². The van der Waals surface area contributed by atoms with Crippen LogP contribution < -0.4 is 0 Å². The number of aliphatic hydroxyl groups is 1. The molecule has 1 atom stereocenters. The van der Waals surface area contributed by atoms with E-state index in [1.165, 1.54) is 19.2 Å². The van der Waals surface area contributed by atoms with Crippen molar-refractivity contribution in [2.75, 3.05) is 14.2 Å². The topological polar surface area (TPSA) is 55.8 Å². The van der Waals surface area contributed by atoms with Gasteiger partial charge in [-0.15, -0.1) is 0 Å². The van der Waals surface area contributed by atoms with Gasteiger partial charge in [-0.05, 0) is 12.1 Å². The molecule has 0 saturated carbocycles. The van der Waals surface area contributed by atoms with Gasteiger partial charge < -0.3 is 14.6 Å². The van der Waals surface area contributed by atoms with Crippen LogP contribution in [0.3, 0.4) is 0 Å². The van der Waals surface area contributed by atoms with Gasteiger partial charge in [-0.2, -0.15) is 0 Å². The number of ether oxygens (including phenoxy) is 2. The Labute approximate surface area is 106 Å². The third kappa shape index (κ3) is 3.24. The molecule has 0 saturated heterocycles. The van der Waals surface area contributed by atoms with Crippen LogP contribution in [0.5, 0.6) is 0 Å². The van der Waals surface area contributed by atoms with Gasteiger partial charge in [0.05, 0.1) is 13.7 Å². The lowest BCUT2D eigenvalue weighted by molar-refractivity contribution is -0.150. The van der Waals surface area contributed by atoms with Gasteiger partial charge in [-0.1, -0.05) is 15.9 Å². The number of methoxy groups -OCH3 is 2. The zero-order valence-electron chi connectivity index (χ0n) is 9.37. The molecule has 0 radical (unpaired) electrons. The summed E-state index contributed by atoms with van der Waals surface area (Å²) in [4.78, 5) is 11.2. The average Bonchev–Trinajstić information content (AvgIpc) is 2.31. The summed E-state index contributed by atoms with van der Waals surface area (Å²) in [7, 11) is 2.55. The monoisotopic (exact) mass is 306 g/mol.